The van der Waals surface area contributed by atoms with Gasteiger partial charge in [-0.3, -0.25) is 0 Å². The van der Waals surface area contributed by atoms with Crippen LogP contribution in [0.15, 0.2) is 23.6 Å². The minimum atomic E-state index is 0.214. The molecule has 0 unspecified atom stereocenters. The molecule has 1 heterocycles. The Morgan fingerprint density at radius 2 is 2.20 bits per heavy atom. The first-order valence-electron chi connectivity index (χ1n) is 4.98. The van der Waals surface area contributed by atoms with Crippen LogP contribution in [0.25, 0.3) is 10.1 Å². The maximum Gasteiger partial charge on any atom is 0.124 e. The van der Waals surface area contributed by atoms with Crippen LogP contribution in [0, 0.1) is 0 Å². The zero-order chi connectivity index (χ0) is 10.8. The number of hydrogen-bond donors (Lipinski definition) is 1. The van der Waals surface area contributed by atoms with Crippen molar-refractivity contribution in [1.82, 2.24) is 0 Å². The van der Waals surface area contributed by atoms with Crippen LogP contribution in [-0.2, 0) is 11.3 Å². The van der Waals surface area contributed by atoms with Crippen molar-refractivity contribution in [3.63, 3.8) is 0 Å². The van der Waals surface area contributed by atoms with E-state index in [2.05, 4.69) is 0 Å². The molecule has 0 saturated heterocycles. The van der Waals surface area contributed by atoms with Gasteiger partial charge in [0.1, 0.15) is 5.75 Å². The van der Waals surface area contributed by atoms with E-state index in [0.29, 0.717) is 12.4 Å². The van der Waals surface area contributed by atoms with Crippen LogP contribution in [-0.4, -0.2) is 11.2 Å². The van der Waals surface area contributed by atoms with E-state index in [0.717, 1.165) is 15.6 Å². The lowest BCUT2D eigenvalue weighted by Crippen LogP contribution is -2.01. The summed E-state index contributed by atoms with van der Waals surface area (Å²) in [6.45, 7) is 4.58. The van der Waals surface area contributed by atoms with Gasteiger partial charge in [0.05, 0.1) is 12.7 Å². The van der Waals surface area contributed by atoms with E-state index in [4.69, 9.17) is 4.74 Å². The van der Waals surface area contributed by atoms with E-state index in [9.17, 15) is 5.11 Å². The number of fused-ring (bicyclic) bond motifs is 1. The Morgan fingerprint density at radius 1 is 1.40 bits per heavy atom. The second-order valence-corrected chi connectivity index (χ2v) is 4.68. The van der Waals surface area contributed by atoms with E-state index < -0.39 is 0 Å². The van der Waals surface area contributed by atoms with Gasteiger partial charge >= 0.3 is 0 Å². The molecule has 2 nitrogen and oxygen atoms in total. The normalized spacial score (nSPS) is 11.4. The number of aromatic hydroxyl groups is 1. The highest BCUT2D eigenvalue weighted by molar-refractivity contribution is 7.17. The van der Waals surface area contributed by atoms with E-state index in [1.54, 1.807) is 17.4 Å². The van der Waals surface area contributed by atoms with Crippen LogP contribution in [0.3, 0.4) is 0 Å². The van der Waals surface area contributed by atoms with Gasteiger partial charge in [-0.25, -0.2) is 0 Å². The topological polar surface area (TPSA) is 29.5 Å². The van der Waals surface area contributed by atoms with Crippen molar-refractivity contribution < 1.29 is 9.84 Å². The zero-order valence-electron chi connectivity index (χ0n) is 8.86. The fraction of sp³-hybridized carbons (Fsp3) is 0.333. The molecule has 1 aromatic heterocycles. The molecule has 0 amide bonds. The maximum atomic E-state index is 9.76. The molecule has 1 N–H and O–H groups in total. The monoisotopic (exact) mass is 222 g/mol. The molecule has 0 fully saturated rings. The number of benzene rings is 1. The Kier molecular flexibility index (Phi) is 2.93. The lowest BCUT2D eigenvalue weighted by atomic mass is 10.1. The predicted octanol–water partition coefficient (Wildman–Crippen LogP) is 3.53. The van der Waals surface area contributed by atoms with Crippen LogP contribution >= 0.6 is 11.3 Å². The molecular weight excluding hydrogens is 208 g/mol. The number of thiophene rings is 1. The molecule has 2 aromatic rings. The summed E-state index contributed by atoms with van der Waals surface area (Å²) in [5.41, 5.74) is 1.07. The van der Waals surface area contributed by atoms with Gasteiger partial charge in [-0.15, -0.1) is 11.3 Å². The molecule has 1 aromatic carbocycles. The number of hydrogen-bond acceptors (Lipinski definition) is 3. The van der Waals surface area contributed by atoms with Crippen molar-refractivity contribution in [1.29, 1.82) is 0 Å². The molecule has 0 radical (unpaired) electrons. The number of ether oxygens (including phenoxy) is 1. The van der Waals surface area contributed by atoms with E-state index in [1.807, 2.05) is 31.4 Å². The number of phenolic OH excluding ortho intramolecular Hbond substituents is 1. The molecule has 0 atom stereocenters. The quantitative estimate of drug-likeness (QED) is 0.860. The van der Waals surface area contributed by atoms with Gasteiger partial charge in [0.15, 0.2) is 0 Å². The Bertz CT molecular complexity index is 460. The molecule has 0 saturated carbocycles. The fourth-order valence-corrected chi connectivity index (χ4v) is 2.46. The molecule has 3 heteroatoms. The van der Waals surface area contributed by atoms with E-state index >= 15 is 0 Å². The van der Waals surface area contributed by atoms with Crippen molar-refractivity contribution >= 4 is 21.4 Å². The first kappa shape index (κ1) is 10.5. The molecule has 0 aliphatic carbocycles. The van der Waals surface area contributed by atoms with Crippen molar-refractivity contribution in [3.8, 4) is 5.75 Å². The van der Waals surface area contributed by atoms with Crippen LogP contribution in [0.4, 0.5) is 0 Å². The average Bonchev–Trinajstić information content (AvgIpc) is 2.59. The highest BCUT2D eigenvalue weighted by atomic mass is 32.1. The standard InChI is InChI=1S/C12H14O2S/c1-8(2)14-6-9-7-15-11-5-3-4-10(13)12(9)11/h3-5,7-8,13H,6H2,1-2H3. The smallest absolute Gasteiger partial charge is 0.124 e. The zero-order valence-corrected chi connectivity index (χ0v) is 9.67. The van der Waals surface area contributed by atoms with Crippen LogP contribution < -0.4 is 0 Å². The summed E-state index contributed by atoms with van der Waals surface area (Å²) >= 11 is 1.64. The van der Waals surface area contributed by atoms with Gasteiger partial charge in [-0.05, 0) is 36.9 Å². The van der Waals surface area contributed by atoms with Gasteiger partial charge in [-0.2, -0.15) is 0 Å². The molecule has 15 heavy (non-hydrogen) atoms. The minimum Gasteiger partial charge on any atom is -0.507 e. The van der Waals surface area contributed by atoms with Gasteiger partial charge in [-0.1, -0.05) is 6.07 Å². The summed E-state index contributed by atoms with van der Waals surface area (Å²) in [6.07, 6.45) is 0.214. The Balaban J connectivity index is 2.35. The highest BCUT2D eigenvalue weighted by Crippen LogP contribution is 2.33. The largest absolute Gasteiger partial charge is 0.507 e. The highest BCUT2D eigenvalue weighted by Gasteiger charge is 2.08. The Morgan fingerprint density at radius 3 is 2.93 bits per heavy atom. The third kappa shape index (κ3) is 2.13. The maximum absolute atomic E-state index is 9.76. The molecule has 0 aliphatic heterocycles. The fourth-order valence-electron chi connectivity index (χ4n) is 1.50. The lowest BCUT2D eigenvalue weighted by Gasteiger charge is -2.06. The van der Waals surface area contributed by atoms with Gasteiger partial charge < -0.3 is 9.84 Å². The molecule has 0 spiro atoms. The summed E-state index contributed by atoms with van der Waals surface area (Å²) in [6, 6.07) is 5.59. The second kappa shape index (κ2) is 4.21. The third-order valence-electron chi connectivity index (χ3n) is 2.23. The second-order valence-electron chi connectivity index (χ2n) is 3.77. The average molecular weight is 222 g/mol. The van der Waals surface area contributed by atoms with Crippen LogP contribution in [0.2, 0.25) is 0 Å². The van der Waals surface area contributed by atoms with Crippen molar-refractivity contribution in [2.45, 2.75) is 26.6 Å². The summed E-state index contributed by atoms with van der Waals surface area (Å²) in [7, 11) is 0. The summed E-state index contributed by atoms with van der Waals surface area (Å²) in [4.78, 5) is 0. The van der Waals surface area contributed by atoms with E-state index in [1.165, 1.54) is 0 Å². The molecule has 0 aliphatic rings. The third-order valence-corrected chi connectivity index (χ3v) is 3.22. The van der Waals surface area contributed by atoms with Gasteiger partial charge in [0.2, 0.25) is 0 Å². The van der Waals surface area contributed by atoms with E-state index in [-0.39, 0.29) is 6.10 Å². The summed E-state index contributed by atoms with van der Waals surface area (Å²) in [5, 5.41) is 12.7. The number of phenols is 1. The molecule has 0 bridgehead atoms. The SMILES string of the molecule is CC(C)OCc1csc2cccc(O)c12. The molecular formula is C12H14O2S. The van der Waals surface area contributed by atoms with Crippen molar-refractivity contribution in [2.24, 2.45) is 0 Å². The molecule has 80 valence electrons. The summed E-state index contributed by atoms with van der Waals surface area (Å²) < 4.78 is 6.65. The van der Waals surface area contributed by atoms with Gasteiger partial charge in [0, 0.05) is 10.1 Å². The Labute approximate surface area is 93.1 Å². The van der Waals surface area contributed by atoms with Crippen molar-refractivity contribution in [2.75, 3.05) is 0 Å². The minimum absolute atomic E-state index is 0.214. The number of rotatable bonds is 3. The first-order chi connectivity index (χ1) is 7.18. The summed E-state index contributed by atoms with van der Waals surface area (Å²) in [5.74, 6) is 0.344. The van der Waals surface area contributed by atoms with Crippen molar-refractivity contribution in [3.05, 3.63) is 29.1 Å². The lowest BCUT2D eigenvalue weighted by molar-refractivity contribution is 0.0665. The molecule has 2 rings (SSSR count). The van der Waals surface area contributed by atoms with Crippen LogP contribution in [0.1, 0.15) is 19.4 Å². The first-order valence-corrected chi connectivity index (χ1v) is 5.86. The predicted molar refractivity (Wildman–Crippen MR) is 63.4 cm³/mol. The van der Waals surface area contributed by atoms with Crippen LogP contribution in [0.5, 0.6) is 5.75 Å². The Hall–Kier alpha value is -1.06. The van der Waals surface area contributed by atoms with Gasteiger partial charge in [0.25, 0.3) is 0 Å².